The molecule has 0 aromatic carbocycles. The first kappa shape index (κ1) is 12.1. The van der Waals surface area contributed by atoms with E-state index in [0.717, 1.165) is 12.8 Å². The number of nitrogens with zero attached hydrogens (tertiary/aromatic N) is 1. The molecule has 1 amide bonds. The van der Waals surface area contributed by atoms with E-state index in [1.165, 1.54) is 0 Å². The highest BCUT2D eigenvalue weighted by molar-refractivity contribution is 6.30. The third-order valence-electron chi connectivity index (χ3n) is 3.17. The Hall–Kier alpha value is -0.320. The van der Waals surface area contributed by atoms with Crippen LogP contribution in [0, 0.1) is 0 Å². The minimum atomic E-state index is -0.446. The van der Waals surface area contributed by atoms with Gasteiger partial charge in [-0.15, -0.1) is 11.6 Å². The second-order valence-electron chi connectivity index (χ2n) is 4.59. The monoisotopic (exact) mass is 247 g/mol. The number of ether oxygens (including phenoxy) is 2. The summed E-state index contributed by atoms with van der Waals surface area (Å²) in [6.07, 6.45) is 1.65. The summed E-state index contributed by atoms with van der Waals surface area (Å²) in [7, 11) is 0. The maximum atomic E-state index is 11.7. The lowest BCUT2D eigenvalue weighted by molar-refractivity contribution is -0.194. The molecule has 16 heavy (non-hydrogen) atoms. The Labute approximate surface area is 101 Å². The standard InChI is InChI=1S/C11H18ClNO3/c1-8-7-15-11(16-8)3-5-13(6-4-11)10(14)9(2)12/h8-9H,3-7H2,1-2H3. The van der Waals surface area contributed by atoms with Crippen LogP contribution < -0.4 is 0 Å². The fourth-order valence-electron chi connectivity index (χ4n) is 2.29. The van der Waals surface area contributed by atoms with Crippen LogP contribution in [0.3, 0.4) is 0 Å². The number of likely N-dealkylation sites (tertiary alicyclic amines) is 1. The Morgan fingerprint density at radius 3 is 2.56 bits per heavy atom. The Kier molecular flexibility index (Phi) is 3.42. The van der Waals surface area contributed by atoms with Gasteiger partial charge in [0.15, 0.2) is 5.79 Å². The highest BCUT2D eigenvalue weighted by Crippen LogP contribution is 2.34. The summed E-state index contributed by atoms with van der Waals surface area (Å²) in [5, 5.41) is -0.446. The summed E-state index contributed by atoms with van der Waals surface area (Å²) in [4.78, 5) is 13.5. The molecule has 0 bridgehead atoms. The van der Waals surface area contributed by atoms with Crippen molar-refractivity contribution >= 4 is 17.5 Å². The molecule has 2 aliphatic rings. The van der Waals surface area contributed by atoms with E-state index in [1.807, 2.05) is 6.92 Å². The first-order valence-corrected chi connectivity index (χ1v) is 6.21. The van der Waals surface area contributed by atoms with Crippen molar-refractivity contribution in [2.45, 2.75) is 44.0 Å². The van der Waals surface area contributed by atoms with Gasteiger partial charge in [-0.25, -0.2) is 0 Å². The van der Waals surface area contributed by atoms with Gasteiger partial charge in [0.25, 0.3) is 0 Å². The van der Waals surface area contributed by atoms with Crippen molar-refractivity contribution in [3.8, 4) is 0 Å². The van der Waals surface area contributed by atoms with Crippen LogP contribution in [0.1, 0.15) is 26.7 Å². The Morgan fingerprint density at radius 2 is 2.12 bits per heavy atom. The number of hydrogen-bond acceptors (Lipinski definition) is 3. The number of carbonyl (C=O) groups is 1. The highest BCUT2D eigenvalue weighted by atomic mass is 35.5. The average molecular weight is 248 g/mol. The molecule has 0 N–H and O–H groups in total. The molecule has 1 spiro atoms. The van der Waals surface area contributed by atoms with Gasteiger partial charge < -0.3 is 14.4 Å². The van der Waals surface area contributed by atoms with Crippen LogP contribution in [-0.4, -0.2) is 47.8 Å². The van der Waals surface area contributed by atoms with Gasteiger partial charge in [-0.05, 0) is 13.8 Å². The molecule has 2 heterocycles. The molecular weight excluding hydrogens is 230 g/mol. The molecule has 4 nitrogen and oxygen atoms in total. The van der Waals surface area contributed by atoms with Crippen LogP contribution >= 0.6 is 11.6 Å². The fraction of sp³-hybridized carbons (Fsp3) is 0.909. The van der Waals surface area contributed by atoms with Crippen LogP contribution in [0.25, 0.3) is 0 Å². The van der Waals surface area contributed by atoms with Crippen LogP contribution in [0.15, 0.2) is 0 Å². The van der Waals surface area contributed by atoms with Crippen LogP contribution in [0.5, 0.6) is 0 Å². The molecule has 0 aromatic heterocycles. The molecular formula is C11H18ClNO3. The summed E-state index contributed by atoms with van der Waals surface area (Å²) in [5.74, 6) is -0.436. The molecule has 2 saturated heterocycles. The molecule has 2 unspecified atom stereocenters. The van der Waals surface area contributed by atoms with Crippen molar-refractivity contribution in [1.29, 1.82) is 0 Å². The molecule has 2 rings (SSSR count). The van der Waals surface area contributed by atoms with Crippen LogP contribution in [0.2, 0.25) is 0 Å². The maximum Gasteiger partial charge on any atom is 0.240 e. The van der Waals surface area contributed by atoms with E-state index in [4.69, 9.17) is 21.1 Å². The Balaban J connectivity index is 1.90. The van der Waals surface area contributed by atoms with Crippen molar-refractivity contribution < 1.29 is 14.3 Å². The van der Waals surface area contributed by atoms with E-state index >= 15 is 0 Å². The van der Waals surface area contributed by atoms with Gasteiger partial charge in [-0.3, -0.25) is 4.79 Å². The Morgan fingerprint density at radius 1 is 1.50 bits per heavy atom. The number of carbonyl (C=O) groups excluding carboxylic acids is 1. The summed E-state index contributed by atoms with van der Waals surface area (Å²) in [5.41, 5.74) is 0. The van der Waals surface area contributed by atoms with Crippen molar-refractivity contribution in [2.75, 3.05) is 19.7 Å². The van der Waals surface area contributed by atoms with Gasteiger partial charge in [0.05, 0.1) is 12.7 Å². The number of piperidine rings is 1. The van der Waals surface area contributed by atoms with Crippen molar-refractivity contribution in [3.05, 3.63) is 0 Å². The molecule has 0 saturated carbocycles. The molecule has 92 valence electrons. The van der Waals surface area contributed by atoms with Gasteiger partial charge in [-0.2, -0.15) is 0 Å². The van der Waals surface area contributed by atoms with E-state index in [0.29, 0.717) is 19.7 Å². The third-order valence-corrected chi connectivity index (χ3v) is 3.36. The fourth-order valence-corrected chi connectivity index (χ4v) is 2.42. The van der Waals surface area contributed by atoms with E-state index in [1.54, 1.807) is 11.8 Å². The van der Waals surface area contributed by atoms with Crippen LogP contribution in [-0.2, 0) is 14.3 Å². The number of rotatable bonds is 1. The van der Waals surface area contributed by atoms with Crippen LogP contribution in [0.4, 0.5) is 0 Å². The summed E-state index contributed by atoms with van der Waals surface area (Å²) in [6, 6.07) is 0. The zero-order valence-electron chi connectivity index (χ0n) is 9.74. The average Bonchev–Trinajstić information content (AvgIpc) is 2.60. The predicted octanol–water partition coefficient (Wildman–Crippen LogP) is 1.37. The maximum absolute atomic E-state index is 11.7. The second-order valence-corrected chi connectivity index (χ2v) is 5.25. The van der Waals surface area contributed by atoms with E-state index in [9.17, 15) is 4.79 Å². The van der Waals surface area contributed by atoms with Gasteiger partial charge in [0, 0.05) is 25.9 Å². The summed E-state index contributed by atoms with van der Waals surface area (Å²) >= 11 is 5.78. The summed E-state index contributed by atoms with van der Waals surface area (Å²) in [6.45, 7) is 5.71. The number of halogens is 1. The first-order chi connectivity index (χ1) is 7.52. The lowest BCUT2D eigenvalue weighted by atomic mass is 10.0. The number of hydrogen-bond donors (Lipinski definition) is 0. The van der Waals surface area contributed by atoms with Crippen molar-refractivity contribution in [3.63, 3.8) is 0 Å². The van der Waals surface area contributed by atoms with Crippen molar-refractivity contribution in [1.82, 2.24) is 4.90 Å². The van der Waals surface area contributed by atoms with Gasteiger partial charge in [0.2, 0.25) is 5.91 Å². The topological polar surface area (TPSA) is 38.8 Å². The zero-order valence-corrected chi connectivity index (χ0v) is 10.5. The quantitative estimate of drug-likeness (QED) is 0.657. The first-order valence-electron chi connectivity index (χ1n) is 5.77. The predicted molar refractivity (Wildman–Crippen MR) is 60.4 cm³/mol. The molecule has 2 aliphatic heterocycles. The van der Waals surface area contributed by atoms with E-state index < -0.39 is 11.2 Å². The summed E-state index contributed by atoms with van der Waals surface area (Å²) < 4.78 is 11.5. The molecule has 0 aliphatic carbocycles. The van der Waals surface area contributed by atoms with Crippen molar-refractivity contribution in [2.24, 2.45) is 0 Å². The minimum Gasteiger partial charge on any atom is -0.347 e. The molecule has 0 radical (unpaired) electrons. The highest BCUT2D eigenvalue weighted by Gasteiger charge is 2.43. The second kappa shape index (κ2) is 4.51. The normalized spacial score (nSPS) is 30.7. The number of amides is 1. The van der Waals surface area contributed by atoms with Gasteiger partial charge in [-0.1, -0.05) is 0 Å². The SMILES string of the molecule is CC1COC2(CCN(C(=O)C(C)Cl)CC2)O1. The third kappa shape index (κ3) is 2.34. The Bertz CT molecular complexity index is 274. The zero-order chi connectivity index (χ0) is 11.8. The van der Waals surface area contributed by atoms with Gasteiger partial charge >= 0.3 is 0 Å². The minimum absolute atomic E-state index is 0.00237. The molecule has 0 aromatic rings. The van der Waals surface area contributed by atoms with E-state index in [2.05, 4.69) is 0 Å². The lowest BCUT2D eigenvalue weighted by Gasteiger charge is -2.38. The molecule has 2 atom stereocenters. The largest absolute Gasteiger partial charge is 0.347 e. The van der Waals surface area contributed by atoms with Gasteiger partial charge in [0.1, 0.15) is 5.38 Å². The smallest absolute Gasteiger partial charge is 0.240 e. The van der Waals surface area contributed by atoms with E-state index in [-0.39, 0.29) is 12.0 Å². The molecule has 5 heteroatoms. The lowest BCUT2D eigenvalue weighted by Crippen LogP contribution is -2.49. The molecule has 2 fully saturated rings. The number of alkyl halides is 1.